The summed E-state index contributed by atoms with van der Waals surface area (Å²) in [5, 5.41) is 9.60. The van der Waals surface area contributed by atoms with Crippen LogP contribution in [0.25, 0.3) is 4.85 Å². The molecule has 0 aliphatic carbocycles. The summed E-state index contributed by atoms with van der Waals surface area (Å²) in [5.41, 5.74) is 1.59. The number of halogens is 1. The van der Waals surface area contributed by atoms with Crippen LogP contribution in [0.5, 0.6) is 0 Å². The molecule has 1 atom stereocenters. The van der Waals surface area contributed by atoms with Gasteiger partial charge in [-0.15, -0.1) is 0 Å². The molecule has 1 aromatic heterocycles. The van der Waals surface area contributed by atoms with Crippen molar-refractivity contribution in [1.29, 1.82) is 0 Å². The fraction of sp³-hybridized carbons (Fsp3) is 0.281. The van der Waals surface area contributed by atoms with E-state index in [1.807, 2.05) is 4.90 Å². The average molecular weight is 624 g/mol. The van der Waals surface area contributed by atoms with Crippen LogP contribution in [-0.4, -0.2) is 63.3 Å². The van der Waals surface area contributed by atoms with Crippen LogP contribution in [0, 0.1) is 24.3 Å². The van der Waals surface area contributed by atoms with Gasteiger partial charge in [-0.05, 0) is 50.6 Å². The van der Waals surface area contributed by atoms with Crippen molar-refractivity contribution < 1.29 is 24.0 Å². The zero-order valence-corrected chi connectivity index (χ0v) is 25.0. The molecule has 1 unspecified atom stereocenters. The van der Waals surface area contributed by atoms with E-state index in [1.165, 1.54) is 10.7 Å². The molecule has 6 rings (SSSR count). The molecule has 3 aliphatic rings. The molecule has 2 N–H and O–H groups in total. The number of piperidine rings is 1. The number of nitrogens with zero attached hydrogens (tertiary/aromatic N) is 5. The number of hydrogen-bond acceptors (Lipinski definition) is 7. The van der Waals surface area contributed by atoms with Gasteiger partial charge in [0.2, 0.25) is 11.8 Å². The van der Waals surface area contributed by atoms with E-state index in [4.69, 9.17) is 18.2 Å². The second-order valence-electron chi connectivity index (χ2n) is 11.5. The molecule has 13 heteroatoms. The maximum Gasteiger partial charge on any atom is 0.262 e. The van der Waals surface area contributed by atoms with Crippen LogP contribution in [0.4, 0.5) is 17.1 Å². The van der Waals surface area contributed by atoms with Crippen LogP contribution >= 0.6 is 11.6 Å². The Morgan fingerprint density at radius 2 is 1.87 bits per heavy atom. The second kappa shape index (κ2) is 11.2. The van der Waals surface area contributed by atoms with Gasteiger partial charge in [0.25, 0.3) is 17.7 Å². The van der Waals surface area contributed by atoms with E-state index in [-0.39, 0.29) is 40.8 Å². The third-order valence-electron chi connectivity index (χ3n) is 8.13. The molecular weight excluding hydrogens is 598 g/mol. The Morgan fingerprint density at radius 3 is 2.58 bits per heavy atom. The van der Waals surface area contributed by atoms with Crippen LogP contribution in [0.2, 0.25) is 5.02 Å². The van der Waals surface area contributed by atoms with Gasteiger partial charge in [0.1, 0.15) is 11.6 Å². The lowest BCUT2D eigenvalue weighted by molar-refractivity contribution is -0.136. The minimum atomic E-state index is -1.06. The Kier molecular flexibility index (Phi) is 7.39. The standard InChI is InChI=1S/C32H26ClN7O5/c1-32(2,31(45)36-25-9-6-20(34-3)12-24(25)33)39-17-18(14-35-39)4-5-19-15-38(16-19)21-7-8-22-23(13-21)30(44)40(29(22)43)26-10-11-27(41)37-28(26)42/h6-9,12-14,17,19,26H,10-11,15-16H2,1-2H3,(H,36,45)(H,37,41,42). The molecule has 3 aliphatic heterocycles. The Bertz CT molecular complexity index is 1910. The maximum atomic E-state index is 13.1. The topological polar surface area (TPSA) is 138 Å². The molecule has 0 spiro atoms. The first-order valence-corrected chi connectivity index (χ1v) is 14.5. The number of nitrogens with one attached hydrogen (secondary N) is 2. The van der Waals surface area contributed by atoms with Gasteiger partial charge in [0.15, 0.2) is 5.69 Å². The van der Waals surface area contributed by atoms with Gasteiger partial charge in [-0.25, -0.2) is 4.85 Å². The highest BCUT2D eigenvalue weighted by atomic mass is 35.5. The summed E-state index contributed by atoms with van der Waals surface area (Å²) in [6, 6.07) is 8.67. The van der Waals surface area contributed by atoms with Gasteiger partial charge in [-0.2, -0.15) is 5.10 Å². The highest BCUT2D eigenvalue weighted by molar-refractivity contribution is 6.34. The minimum Gasteiger partial charge on any atom is -0.369 e. The van der Waals surface area contributed by atoms with Crippen LogP contribution in [-0.2, 0) is 19.9 Å². The fourth-order valence-corrected chi connectivity index (χ4v) is 5.59. The average Bonchev–Trinajstić information content (AvgIpc) is 3.56. The summed E-state index contributed by atoms with van der Waals surface area (Å²) in [6.45, 7) is 11.7. The van der Waals surface area contributed by atoms with Crippen LogP contribution < -0.4 is 15.5 Å². The molecule has 45 heavy (non-hydrogen) atoms. The summed E-state index contributed by atoms with van der Waals surface area (Å²) in [6.07, 6.45) is 3.46. The van der Waals surface area contributed by atoms with Crippen molar-refractivity contribution in [2.45, 2.75) is 38.3 Å². The van der Waals surface area contributed by atoms with Crippen molar-refractivity contribution >= 4 is 58.2 Å². The molecular formula is C32H26ClN7O5. The fourth-order valence-electron chi connectivity index (χ4n) is 5.37. The number of fused-ring (bicyclic) bond motifs is 1. The van der Waals surface area contributed by atoms with Gasteiger partial charge in [0.05, 0.1) is 46.1 Å². The Balaban J connectivity index is 1.07. The molecule has 226 valence electrons. The van der Waals surface area contributed by atoms with E-state index in [0.29, 0.717) is 30.0 Å². The van der Waals surface area contributed by atoms with Crippen LogP contribution in [0.1, 0.15) is 53.0 Å². The predicted molar refractivity (Wildman–Crippen MR) is 164 cm³/mol. The number of amides is 5. The number of aromatic nitrogens is 2. The Labute approximate surface area is 263 Å². The quantitative estimate of drug-likeness (QED) is 0.253. The largest absolute Gasteiger partial charge is 0.369 e. The first kappa shape index (κ1) is 29.6. The molecule has 4 heterocycles. The minimum absolute atomic E-state index is 0.0517. The molecule has 5 amide bonds. The van der Waals surface area contributed by atoms with Crippen molar-refractivity contribution in [3.05, 3.63) is 81.9 Å². The van der Waals surface area contributed by atoms with Gasteiger partial charge >= 0.3 is 0 Å². The number of hydrogen-bond donors (Lipinski definition) is 2. The van der Waals surface area contributed by atoms with Gasteiger partial charge in [-0.3, -0.25) is 38.9 Å². The normalized spacial score (nSPS) is 18.0. The summed E-state index contributed by atoms with van der Waals surface area (Å²) >= 11 is 6.22. The Hall–Kier alpha value is -5.46. The first-order chi connectivity index (χ1) is 21.5. The van der Waals surface area contributed by atoms with E-state index < -0.39 is 35.2 Å². The molecule has 2 saturated heterocycles. The molecule has 0 bridgehead atoms. The van der Waals surface area contributed by atoms with E-state index in [2.05, 4.69) is 32.4 Å². The van der Waals surface area contributed by atoms with Crippen LogP contribution in [0.15, 0.2) is 48.8 Å². The maximum absolute atomic E-state index is 13.1. The molecule has 3 aromatic rings. The van der Waals surface area contributed by atoms with E-state index in [1.54, 1.807) is 56.6 Å². The first-order valence-electron chi connectivity index (χ1n) is 14.1. The van der Waals surface area contributed by atoms with Crippen LogP contribution in [0.3, 0.4) is 0 Å². The lowest BCUT2D eigenvalue weighted by Gasteiger charge is -2.38. The van der Waals surface area contributed by atoms with Gasteiger partial charge in [0, 0.05) is 31.4 Å². The summed E-state index contributed by atoms with van der Waals surface area (Å²) in [5.74, 6) is 3.91. The number of anilines is 2. The molecule has 2 aromatic carbocycles. The summed E-state index contributed by atoms with van der Waals surface area (Å²) in [4.78, 5) is 69.3. The zero-order valence-electron chi connectivity index (χ0n) is 24.3. The lowest BCUT2D eigenvalue weighted by Crippen LogP contribution is -2.54. The zero-order chi connectivity index (χ0) is 32.0. The van der Waals surface area contributed by atoms with Crippen molar-refractivity contribution in [3.63, 3.8) is 0 Å². The van der Waals surface area contributed by atoms with Crippen molar-refractivity contribution in [2.75, 3.05) is 23.3 Å². The SMILES string of the molecule is [C-]#[N+]c1ccc(NC(=O)C(C)(C)n2cc(C#CC3CN(c4ccc5c(c4)C(=O)N(C4CCC(=O)NC4=O)C5=O)C3)cn2)c(Cl)c1. The van der Waals surface area contributed by atoms with Gasteiger partial charge < -0.3 is 10.2 Å². The number of carbonyl (C=O) groups excluding carboxylic acids is 5. The molecule has 2 fully saturated rings. The predicted octanol–water partition coefficient (Wildman–Crippen LogP) is 3.35. The number of rotatable bonds is 5. The third kappa shape index (κ3) is 5.41. The molecule has 0 radical (unpaired) electrons. The number of imide groups is 2. The Morgan fingerprint density at radius 1 is 1.11 bits per heavy atom. The van der Waals surface area contributed by atoms with E-state index >= 15 is 0 Å². The van der Waals surface area contributed by atoms with Crippen molar-refractivity contribution in [1.82, 2.24) is 20.0 Å². The van der Waals surface area contributed by atoms with Crippen molar-refractivity contribution in [3.8, 4) is 11.8 Å². The second-order valence-corrected chi connectivity index (χ2v) is 11.9. The summed E-state index contributed by atoms with van der Waals surface area (Å²) < 4.78 is 1.53. The smallest absolute Gasteiger partial charge is 0.262 e. The van der Waals surface area contributed by atoms with E-state index in [0.717, 1.165) is 10.6 Å². The highest BCUT2D eigenvalue weighted by Crippen LogP contribution is 2.33. The highest BCUT2D eigenvalue weighted by Gasteiger charge is 2.45. The number of carbonyl (C=O) groups is 5. The monoisotopic (exact) mass is 623 g/mol. The molecule has 0 saturated carbocycles. The lowest BCUT2D eigenvalue weighted by atomic mass is 9.98. The van der Waals surface area contributed by atoms with E-state index in [9.17, 15) is 24.0 Å². The van der Waals surface area contributed by atoms with Crippen molar-refractivity contribution in [2.24, 2.45) is 5.92 Å². The summed E-state index contributed by atoms with van der Waals surface area (Å²) in [7, 11) is 0. The third-order valence-corrected chi connectivity index (χ3v) is 8.44. The number of benzene rings is 2. The van der Waals surface area contributed by atoms with Gasteiger partial charge in [-0.1, -0.05) is 29.5 Å². The molecule has 12 nitrogen and oxygen atoms in total.